The molecule has 0 saturated heterocycles. The molecule has 0 rings (SSSR count). The molecule has 0 aromatic carbocycles. The van der Waals surface area contributed by atoms with Crippen molar-refractivity contribution in [3.63, 3.8) is 0 Å². The van der Waals surface area contributed by atoms with Crippen LogP contribution in [0.1, 0.15) is 373 Å². The van der Waals surface area contributed by atoms with Crippen LogP contribution >= 0.6 is 7.82 Å². The van der Waals surface area contributed by atoms with Crippen LogP contribution in [-0.4, -0.2) is 74.9 Å². The first-order valence-electron chi connectivity index (χ1n) is 40.0. The fourth-order valence-corrected chi connectivity index (χ4v) is 12.3. The Morgan fingerprint density at radius 1 is 0.330 bits per heavy atom. The fraction of sp³-hybridized carbons (Fsp3) is 0.786. The predicted octanol–water partition coefficient (Wildman–Crippen LogP) is 26.6. The van der Waals surface area contributed by atoms with Gasteiger partial charge in [-0.2, -0.15) is 0 Å². The van der Waals surface area contributed by atoms with Crippen LogP contribution in [0, 0.1) is 0 Å². The molecule has 0 heterocycles. The second-order valence-corrected chi connectivity index (χ2v) is 29.5. The Kier molecular flexibility index (Phi) is 71.7. The molecule has 1 N–H and O–H groups in total. The molecule has 0 aromatic rings. The van der Waals surface area contributed by atoms with Gasteiger partial charge in [-0.1, -0.05) is 368 Å². The number of quaternary nitrogens is 1. The first kappa shape index (κ1) is 90.9. The Labute approximate surface area is 583 Å². The topological polar surface area (TPSA) is 108 Å². The minimum Gasteiger partial charge on any atom is -0.462 e. The molecule has 2 unspecified atom stereocenters. The summed E-state index contributed by atoms with van der Waals surface area (Å²) in [6, 6.07) is 0. The molecule has 94 heavy (non-hydrogen) atoms. The Hall–Kier alpha value is -3.07. The van der Waals surface area contributed by atoms with Gasteiger partial charge in [0.25, 0.3) is 0 Å². The second-order valence-electron chi connectivity index (χ2n) is 28.0. The Morgan fingerprint density at radius 3 is 0.851 bits per heavy atom. The van der Waals surface area contributed by atoms with E-state index >= 15 is 0 Å². The molecule has 2 atom stereocenters. The van der Waals surface area contributed by atoms with Crippen molar-refractivity contribution in [2.24, 2.45) is 0 Å². The van der Waals surface area contributed by atoms with Gasteiger partial charge in [-0.25, -0.2) is 4.57 Å². The number of esters is 2. The summed E-state index contributed by atoms with van der Waals surface area (Å²) in [5.74, 6) is -0.779. The maximum atomic E-state index is 12.9. The van der Waals surface area contributed by atoms with Gasteiger partial charge in [0.2, 0.25) is 0 Å². The molecule has 0 bridgehead atoms. The lowest BCUT2D eigenvalue weighted by molar-refractivity contribution is -0.870. The van der Waals surface area contributed by atoms with E-state index < -0.39 is 26.5 Å². The number of hydrogen-bond donors (Lipinski definition) is 1. The number of ether oxygens (including phenoxy) is 2. The maximum absolute atomic E-state index is 12.9. The van der Waals surface area contributed by atoms with Crippen molar-refractivity contribution in [3.8, 4) is 0 Å². The molecule has 0 amide bonds. The number of hydrogen-bond acceptors (Lipinski definition) is 7. The molecule has 10 heteroatoms. The van der Waals surface area contributed by atoms with Crippen LogP contribution in [0.4, 0.5) is 0 Å². The standard InChI is InChI=1S/C84H152NO8P/c1-6-8-10-12-14-16-18-20-22-24-26-28-30-32-34-36-38-39-40-41-42-43-44-45-47-49-51-53-55-57-59-61-63-65-67-69-71-73-75-77-84(87)93-82(81-92-94(88,89)91-79-78-85(3,4)5)80-90-83(86)76-74-72-70-68-66-64-62-60-58-56-54-52-50-48-46-37-35-33-31-29-27-25-23-21-19-17-15-13-11-9-7-2/h8-11,14-17,20-23,26-29,82H,6-7,12-13,18-19,24-25,30-81H2,1-5H3/p+1/b10-8-,11-9-,16-14-,17-15-,22-20-,23-21-,28-26-,29-27-. The summed E-state index contributed by atoms with van der Waals surface area (Å²) >= 11 is 0. The van der Waals surface area contributed by atoms with Gasteiger partial charge < -0.3 is 18.9 Å². The molecule has 546 valence electrons. The van der Waals surface area contributed by atoms with Crippen molar-refractivity contribution in [2.75, 3.05) is 47.5 Å². The molecule has 0 aliphatic carbocycles. The van der Waals surface area contributed by atoms with Gasteiger partial charge in [0.05, 0.1) is 27.7 Å². The second kappa shape index (κ2) is 74.2. The molecular formula is C84H153NO8P+. The van der Waals surface area contributed by atoms with Crippen LogP contribution in [-0.2, 0) is 32.7 Å². The summed E-state index contributed by atoms with van der Waals surface area (Å²) in [6.45, 7) is 4.26. The van der Waals surface area contributed by atoms with Crippen molar-refractivity contribution in [1.29, 1.82) is 0 Å². The molecule has 0 aromatic heterocycles. The molecule has 0 aliphatic heterocycles. The zero-order valence-corrected chi connectivity index (χ0v) is 63.3. The number of carbonyl (C=O) groups excluding carboxylic acids is 2. The third-order valence-corrected chi connectivity index (χ3v) is 18.6. The highest BCUT2D eigenvalue weighted by atomic mass is 31.2. The summed E-state index contributed by atoms with van der Waals surface area (Å²) in [5, 5.41) is 0. The lowest BCUT2D eigenvalue weighted by Gasteiger charge is -2.24. The number of unbranched alkanes of at least 4 members (excludes halogenated alkanes) is 44. The molecule has 0 spiro atoms. The van der Waals surface area contributed by atoms with Crippen molar-refractivity contribution >= 4 is 19.8 Å². The summed E-state index contributed by atoms with van der Waals surface area (Å²) < 4.78 is 34.8. The van der Waals surface area contributed by atoms with Crippen LogP contribution in [0.3, 0.4) is 0 Å². The number of nitrogens with zero attached hydrogens (tertiary/aromatic N) is 1. The van der Waals surface area contributed by atoms with E-state index in [4.69, 9.17) is 18.5 Å². The van der Waals surface area contributed by atoms with Gasteiger partial charge in [-0.3, -0.25) is 18.6 Å². The highest BCUT2D eigenvalue weighted by molar-refractivity contribution is 7.47. The molecule has 0 saturated carbocycles. The van der Waals surface area contributed by atoms with Crippen molar-refractivity contribution < 1.29 is 42.1 Å². The Morgan fingerprint density at radius 2 is 0.574 bits per heavy atom. The van der Waals surface area contributed by atoms with E-state index in [0.717, 1.165) is 83.5 Å². The van der Waals surface area contributed by atoms with Crippen molar-refractivity contribution in [2.45, 2.75) is 380 Å². The molecule has 0 radical (unpaired) electrons. The average Bonchev–Trinajstić information content (AvgIpc) is 1.56. The van der Waals surface area contributed by atoms with Gasteiger partial charge in [0.1, 0.15) is 19.8 Å². The predicted molar refractivity (Wildman–Crippen MR) is 408 cm³/mol. The van der Waals surface area contributed by atoms with Crippen LogP contribution in [0.25, 0.3) is 0 Å². The third kappa shape index (κ3) is 77.9. The Balaban J connectivity index is 3.91. The largest absolute Gasteiger partial charge is 0.472 e. The van der Waals surface area contributed by atoms with E-state index in [-0.39, 0.29) is 25.6 Å². The number of carbonyl (C=O) groups is 2. The third-order valence-electron chi connectivity index (χ3n) is 17.6. The number of likely N-dealkylation sites (N-methyl/N-ethyl adjacent to an activating group) is 1. The van der Waals surface area contributed by atoms with Gasteiger partial charge in [0.15, 0.2) is 6.10 Å². The lowest BCUT2D eigenvalue weighted by atomic mass is 10.0. The number of allylic oxidation sites excluding steroid dienone is 16. The van der Waals surface area contributed by atoms with Gasteiger partial charge >= 0.3 is 19.8 Å². The van der Waals surface area contributed by atoms with E-state index in [1.165, 1.54) is 257 Å². The number of rotatable bonds is 74. The smallest absolute Gasteiger partial charge is 0.462 e. The zero-order chi connectivity index (χ0) is 68.3. The summed E-state index contributed by atoms with van der Waals surface area (Å²) in [6.07, 6.45) is 104. The van der Waals surface area contributed by atoms with E-state index in [9.17, 15) is 19.0 Å². The minimum atomic E-state index is -4.40. The number of phosphoric acid groups is 1. The van der Waals surface area contributed by atoms with Crippen LogP contribution in [0.2, 0.25) is 0 Å². The normalized spacial score (nSPS) is 13.6. The molecule has 9 nitrogen and oxygen atoms in total. The zero-order valence-electron chi connectivity index (χ0n) is 62.4. The van der Waals surface area contributed by atoms with E-state index in [1.54, 1.807) is 0 Å². The first-order valence-corrected chi connectivity index (χ1v) is 41.5. The fourth-order valence-electron chi connectivity index (χ4n) is 11.6. The minimum absolute atomic E-state index is 0.0322. The van der Waals surface area contributed by atoms with Gasteiger partial charge in [-0.15, -0.1) is 0 Å². The summed E-state index contributed by atoms with van der Waals surface area (Å²) in [4.78, 5) is 36.0. The summed E-state index contributed by atoms with van der Waals surface area (Å²) in [5.41, 5.74) is 0. The molecule has 0 fully saturated rings. The highest BCUT2D eigenvalue weighted by Crippen LogP contribution is 2.43. The van der Waals surface area contributed by atoms with E-state index in [2.05, 4.69) is 111 Å². The van der Waals surface area contributed by atoms with E-state index in [0.29, 0.717) is 23.9 Å². The Bertz CT molecular complexity index is 1910. The van der Waals surface area contributed by atoms with Gasteiger partial charge in [0, 0.05) is 12.8 Å². The maximum Gasteiger partial charge on any atom is 0.472 e. The van der Waals surface area contributed by atoms with Gasteiger partial charge in [-0.05, 0) is 89.9 Å². The average molecular weight is 1340 g/mol. The van der Waals surface area contributed by atoms with Crippen molar-refractivity contribution in [1.82, 2.24) is 0 Å². The van der Waals surface area contributed by atoms with Crippen LogP contribution < -0.4 is 0 Å². The quantitative estimate of drug-likeness (QED) is 0.0211. The SMILES string of the molecule is CC/C=C\C/C=C\C/C=C\C/C=C\CCCCCCCCCCCCCCCCCCCCCCCCCCCCC(=O)OC(COC(=O)CCCCCCCCCCCCCCCCCCCC/C=C\C/C=C\C/C=C\C/C=C\CC)COP(=O)(O)OCC[N+](C)(C)C. The molecule has 0 aliphatic rings. The molecular weight excluding hydrogens is 1180 g/mol. The van der Waals surface area contributed by atoms with Crippen LogP contribution in [0.15, 0.2) is 97.2 Å². The van der Waals surface area contributed by atoms with E-state index in [1.807, 2.05) is 21.1 Å². The monoisotopic (exact) mass is 1340 g/mol. The van der Waals surface area contributed by atoms with Crippen LogP contribution in [0.5, 0.6) is 0 Å². The lowest BCUT2D eigenvalue weighted by Crippen LogP contribution is -2.37. The van der Waals surface area contributed by atoms with Crippen molar-refractivity contribution in [3.05, 3.63) is 97.2 Å². The summed E-state index contributed by atoms with van der Waals surface area (Å²) in [7, 11) is 1.49. The highest BCUT2D eigenvalue weighted by Gasteiger charge is 2.27. The first-order chi connectivity index (χ1) is 46.0. The number of phosphoric ester groups is 1.